The minimum Gasteiger partial charge on any atom is -0.497 e. The molecule has 200 valence electrons. The molecule has 0 bridgehead atoms. The molecular weight excluding hydrogens is 487 g/mol. The number of carbonyl (C=O) groups excluding carboxylic acids is 2. The molecule has 0 radical (unpaired) electrons. The number of aromatic nitrogens is 1. The number of aliphatic hydroxyl groups is 1. The van der Waals surface area contributed by atoms with Crippen LogP contribution in [0.5, 0.6) is 5.75 Å². The number of nitrogens with zero attached hydrogens (tertiary/aromatic N) is 3. The lowest BCUT2D eigenvalue weighted by Crippen LogP contribution is -2.56. The molecule has 1 aliphatic carbocycles. The molecule has 3 amide bonds. The van der Waals surface area contributed by atoms with E-state index >= 15 is 0 Å². The van der Waals surface area contributed by atoms with Crippen molar-refractivity contribution < 1.29 is 23.8 Å². The van der Waals surface area contributed by atoms with Crippen molar-refractivity contribution >= 4 is 28.5 Å². The van der Waals surface area contributed by atoms with Gasteiger partial charge >= 0.3 is 6.03 Å². The van der Waals surface area contributed by atoms with E-state index < -0.39 is 11.9 Å². The second-order valence-corrected chi connectivity index (χ2v) is 10.8. The zero-order valence-electron chi connectivity index (χ0n) is 21.7. The van der Waals surface area contributed by atoms with E-state index in [0.29, 0.717) is 38.2 Å². The quantitative estimate of drug-likeness (QED) is 0.541. The fourth-order valence-electron chi connectivity index (χ4n) is 6.47. The lowest BCUT2D eigenvalue weighted by Gasteiger charge is -2.50. The van der Waals surface area contributed by atoms with Gasteiger partial charge in [-0.1, -0.05) is 6.07 Å². The van der Waals surface area contributed by atoms with E-state index in [1.54, 1.807) is 24.1 Å². The Hall–Kier alpha value is -3.59. The number of urea groups is 1. The van der Waals surface area contributed by atoms with Gasteiger partial charge in [0.15, 0.2) is 0 Å². The van der Waals surface area contributed by atoms with Crippen LogP contribution in [0.3, 0.4) is 0 Å². The Morgan fingerprint density at radius 3 is 2.58 bits per heavy atom. The van der Waals surface area contributed by atoms with E-state index in [4.69, 9.17) is 4.74 Å². The van der Waals surface area contributed by atoms with E-state index in [0.717, 1.165) is 35.2 Å². The van der Waals surface area contributed by atoms with Crippen LogP contribution >= 0.6 is 0 Å². The van der Waals surface area contributed by atoms with Crippen LogP contribution in [0.25, 0.3) is 10.9 Å². The number of hydrogen-bond donors (Lipinski definition) is 2. The summed E-state index contributed by atoms with van der Waals surface area (Å²) in [6, 6.07) is 11.2. The summed E-state index contributed by atoms with van der Waals surface area (Å²) in [5, 5.41) is 14.5. The van der Waals surface area contributed by atoms with Gasteiger partial charge < -0.3 is 29.5 Å². The Morgan fingerprint density at radius 1 is 1.16 bits per heavy atom. The van der Waals surface area contributed by atoms with Crippen LogP contribution in [0.15, 0.2) is 42.5 Å². The van der Waals surface area contributed by atoms with Crippen molar-refractivity contribution in [1.82, 2.24) is 14.4 Å². The molecule has 9 heteroatoms. The van der Waals surface area contributed by atoms with Crippen LogP contribution in [0.4, 0.5) is 14.9 Å². The highest BCUT2D eigenvalue weighted by Crippen LogP contribution is 2.51. The summed E-state index contributed by atoms with van der Waals surface area (Å²) in [4.78, 5) is 30.2. The van der Waals surface area contributed by atoms with Crippen molar-refractivity contribution in [3.63, 3.8) is 0 Å². The highest BCUT2D eigenvalue weighted by atomic mass is 19.1. The SMILES string of the molecule is COc1ccc2c3c(n(C)c2c1)[C@@H](CO)N(C(=O)C1CC1)CC31CCN(C(=O)Nc2cccc(F)c2)CC1. The number of halogens is 1. The zero-order valence-corrected chi connectivity index (χ0v) is 21.7. The number of anilines is 1. The summed E-state index contributed by atoms with van der Waals surface area (Å²) in [6.07, 6.45) is 3.14. The van der Waals surface area contributed by atoms with Gasteiger partial charge in [0.2, 0.25) is 5.91 Å². The number of ether oxygens (including phenoxy) is 1. The third-order valence-electron chi connectivity index (χ3n) is 8.61. The zero-order chi connectivity index (χ0) is 26.6. The molecule has 6 rings (SSSR count). The molecule has 1 spiro atoms. The minimum atomic E-state index is -0.415. The van der Waals surface area contributed by atoms with Gasteiger partial charge in [-0.25, -0.2) is 9.18 Å². The number of hydrogen-bond acceptors (Lipinski definition) is 4. The van der Waals surface area contributed by atoms with E-state index in [2.05, 4.69) is 16.0 Å². The molecule has 1 atom stereocenters. The molecule has 3 aliphatic rings. The summed E-state index contributed by atoms with van der Waals surface area (Å²) in [5.74, 6) is 0.499. The molecule has 0 unspecified atom stereocenters. The maximum absolute atomic E-state index is 13.6. The monoisotopic (exact) mass is 520 g/mol. The number of likely N-dealkylation sites (tertiary alicyclic amines) is 1. The Bertz CT molecular complexity index is 1410. The standard InChI is InChI=1S/C29H33FN4O4/c1-32-23-15-21(38-2)8-9-22(23)25-26(32)24(16-35)34(27(36)18-6-7-18)17-29(25)10-12-33(13-11-29)28(37)31-20-5-3-4-19(30)14-20/h3-5,8-9,14-15,18,24,35H,6-7,10-13,16-17H2,1-2H3,(H,31,37)/t24-/m1/s1. The second-order valence-electron chi connectivity index (χ2n) is 10.8. The van der Waals surface area contributed by atoms with Crippen molar-refractivity contribution in [3.8, 4) is 5.75 Å². The average molecular weight is 521 g/mol. The van der Waals surface area contributed by atoms with Crippen molar-refractivity contribution in [2.75, 3.05) is 38.7 Å². The lowest BCUT2D eigenvalue weighted by atomic mass is 9.68. The molecule has 1 aromatic heterocycles. The normalized spacial score (nSPS) is 20.5. The smallest absolute Gasteiger partial charge is 0.321 e. The highest BCUT2D eigenvalue weighted by Gasteiger charge is 2.51. The third kappa shape index (κ3) is 4.00. The van der Waals surface area contributed by atoms with Crippen LogP contribution in [-0.2, 0) is 17.3 Å². The number of fused-ring (bicyclic) bond motifs is 4. The maximum atomic E-state index is 13.6. The number of rotatable bonds is 4. The molecule has 2 aliphatic heterocycles. The van der Waals surface area contributed by atoms with Gasteiger partial charge in [-0.15, -0.1) is 0 Å². The average Bonchev–Trinajstić information content (AvgIpc) is 3.73. The topological polar surface area (TPSA) is 87.0 Å². The van der Waals surface area contributed by atoms with Crippen LogP contribution in [-0.4, -0.2) is 64.8 Å². The number of carbonyl (C=O) groups is 2. The fraction of sp³-hybridized carbons (Fsp3) is 0.448. The second kappa shape index (κ2) is 9.31. The van der Waals surface area contributed by atoms with Gasteiger partial charge in [0.05, 0.1) is 25.3 Å². The highest BCUT2D eigenvalue weighted by molar-refractivity contribution is 5.91. The summed E-state index contributed by atoms with van der Waals surface area (Å²) >= 11 is 0. The first-order valence-corrected chi connectivity index (χ1v) is 13.2. The molecule has 8 nitrogen and oxygen atoms in total. The van der Waals surface area contributed by atoms with E-state index in [9.17, 15) is 19.1 Å². The molecule has 38 heavy (non-hydrogen) atoms. The lowest BCUT2D eigenvalue weighted by molar-refractivity contribution is -0.138. The molecule has 1 saturated carbocycles. The van der Waals surface area contributed by atoms with Gasteiger partial charge in [0, 0.05) is 60.8 Å². The largest absolute Gasteiger partial charge is 0.497 e. The molecule has 3 heterocycles. The molecule has 2 fully saturated rings. The molecule has 2 N–H and O–H groups in total. The summed E-state index contributed by atoms with van der Waals surface area (Å²) in [6.45, 7) is 1.38. The number of amides is 3. The van der Waals surface area contributed by atoms with Gasteiger partial charge in [-0.2, -0.15) is 0 Å². The van der Waals surface area contributed by atoms with Crippen LogP contribution in [0, 0.1) is 11.7 Å². The maximum Gasteiger partial charge on any atom is 0.321 e. The van der Waals surface area contributed by atoms with Gasteiger partial charge in [-0.3, -0.25) is 4.79 Å². The minimum absolute atomic E-state index is 0.0366. The third-order valence-corrected chi connectivity index (χ3v) is 8.61. The fourth-order valence-corrected chi connectivity index (χ4v) is 6.47. The van der Waals surface area contributed by atoms with Crippen LogP contribution < -0.4 is 10.1 Å². The van der Waals surface area contributed by atoms with E-state index in [1.807, 2.05) is 24.1 Å². The predicted octanol–water partition coefficient (Wildman–Crippen LogP) is 4.18. The van der Waals surface area contributed by atoms with E-state index in [1.165, 1.54) is 17.7 Å². The molecular formula is C29H33FN4O4. The Morgan fingerprint density at radius 2 is 1.92 bits per heavy atom. The van der Waals surface area contributed by atoms with Crippen molar-refractivity contribution in [2.24, 2.45) is 13.0 Å². The van der Waals surface area contributed by atoms with Gasteiger partial charge in [0.25, 0.3) is 0 Å². The van der Waals surface area contributed by atoms with Crippen molar-refractivity contribution in [2.45, 2.75) is 37.1 Å². The van der Waals surface area contributed by atoms with E-state index in [-0.39, 0.29) is 29.9 Å². The number of benzene rings is 2. The first-order valence-electron chi connectivity index (χ1n) is 13.2. The van der Waals surface area contributed by atoms with Crippen LogP contribution in [0.1, 0.15) is 43.0 Å². The van der Waals surface area contributed by atoms with Crippen molar-refractivity contribution in [3.05, 3.63) is 59.5 Å². The number of piperidine rings is 1. The predicted molar refractivity (Wildman–Crippen MR) is 142 cm³/mol. The number of methoxy groups -OCH3 is 1. The van der Waals surface area contributed by atoms with Crippen LogP contribution in [0.2, 0.25) is 0 Å². The Kier molecular flexibility index (Phi) is 6.06. The summed E-state index contributed by atoms with van der Waals surface area (Å²) in [7, 11) is 3.63. The molecule has 3 aromatic rings. The Balaban J connectivity index is 1.37. The first kappa shape index (κ1) is 24.7. The Labute approximate surface area is 221 Å². The number of nitrogens with one attached hydrogen (secondary N) is 1. The van der Waals surface area contributed by atoms with Gasteiger partial charge in [0.1, 0.15) is 11.6 Å². The number of aryl methyl sites for hydroxylation is 1. The molecule has 2 aromatic carbocycles. The number of aliphatic hydroxyl groups excluding tert-OH is 1. The first-order chi connectivity index (χ1) is 18.3. The van der Waals surface area contributed by atoms with Crippen molar-refractivity contribution in [1.29, 1.82) is 0 Å². The summed E-state index contributed by atoms with van der Waals surface area (Å²) in [5.41, 5.74) is 3.20. The molecule has 1 saturated heterocycles. The van der Waals surface area contributed by atoms with Gasteiger partial charge in [-0.05, 0) is 61.6 Å². The summed E-state index contributed by atoms with van der Waals surface area (Å²) < 4.78 is 21.2.